The normalized spacial score (nSPS) is 15.1. The Bertz CT molecular complexity index is 971. The van der Waals surface area contributed by atoms with Crippen LogP contribution in [-0.4, -0.2) is 21.8 Å². The number of nitrogens with two attached hydrogens (primary N) is 1. The molecule has 0 saturated heterocycles. The van der Waals surface area contributed by atoms with Gasteiger partial charge in [0.1, 0.15) is 17.1 Å². The number of aryl methyl sites for hydroxylation is 1. The molecule has 6 heteroatoms. The van der Waals surface area contributed by atoms with E-state index in [0.717, 1.165) is 16.7 Å². The minimum atomic E-state index is -0.173. The van der Waals surface area contributed by atoms with Crippen LogP contribution in [0, 0.1) is 6.92 Å². The molecule has 0 aliphatic carbocycles. The number of aliphatic hydroxyl groups excluding tert-OH is 1. The van der Waals surface area contributed by atoms with Gasteiger partial charge in [0.2, 0.25) is 12.1 Å². The van der Waals surface area contributed by atoms with Crippen LogP contribution in [0.15, 0.2) is 48.8 Å². The Hall–Kier alpha value is -3.12. The second kappa shape index (κ2) is 6.31. The number of hydrogen-bond acceptors (Lipinski definition) is 5. The maximum absolute atomic E-state index is 9.84. The van der Waals surface area contributed by atoms with Crippen molar-refractivity contribution in [2.75, 3.05) is 12.3 Å². The highest BCUT2D eigenvalue weighted by molar-refractivity contribution is 5.62. The summed E-state index contributed by atoms with van der Waals surface area (Å²) < 4.78 is 7.64. The second-order valence-electron chi connectivity index (χ2n) is 6.43. The van der Waals surface area contributed by atoms with Crippen LogP contribution in [0.5, 0.6) is 17.4 Å². The Morgan fingerprint density at radius 2 is 1.96 bits per heavy atom. The minimum absolute atomic E-state index is 0.0319. The monoisotopic (exact) mass is 350 g/mol. The zero-order chi connectivity index (χ0) is 18.3. The summed E-state index contributed by atoms with van der Waals surface area (Å²) in [7, 11) is 0. The van der Waals surface area contributed by atoms with E-state index in [9.17, 15) is 10.2 Å². The maximum atomic E-state index is 9.84. The molecule has 0 fully saturated rings. The largest absolute Gasteiger partial charge is 0.508 e. The highest BCUT2D eigenvalue weighted by atomic mass is 16.5. The van der Waals surface area contributed by atoms with Crippen molar-refractivity contribution in [2.24, 2.45) is 0 Å². The number of anilines is 1. The summed E-state index contributed by atoms with van der Waals surface area (Å²) in [5, 5.41) is 19.1. The number of ether oxygens (including phenoxy) is 1. The number of aliphatic hydroxyl groups is 1. The lowest BCUT2D eigenvalue weighted by molar-refractivity contribution is -0.687. The standard InChI is InChI=1S/C20H19N3O3/c1-12-2-4-13(5-3-12)17-15-7-6-14(25)10-16(15)26-20-18(17)19(21)23(8-9-24)11-22-20/h2-7,10-11,17,21,24-25H,8-9H2,1H3/p+1/t17-/m0/s1. The molecule has 2 aromatic carbocycles. The lowest BCUT2D eigenvalue weighted by Gasteiger charge is -2.27. The fourth-order valence-electron chi connectivity index (χ4n) is 3.37. The molecule has 1 aliphatic heterocycles. The number of hydrogen-bond donors (Lipinski definition) is 3. The van der Waals surface area contributed by atoms with Crippen molar-refractivity contribution in [1.82, 2.24) is 4.98 Å². The van der Waals surface area contributed by atoms with E-state index in [-0.39, 0.29) is 18.3 Å². The van der Waals surface area contributed by atoms with Gasteiger partial charge in [-0.3, -0.25) is 0 Å². The van der Waals surface area contributed by atoms with Crippen LogP contribution in [0.1, 0.15) is 28.2 Å². The number of rotatable bonds is 3. The number of phenols is 1. The Morgan fingerprint density at radius 1 is 1.19 bits per heavy atom. The third-order valence-corrected chi connectivity index (χ3v) is 4.69. The van der Waals surface area contributed by atoms with Gasteiger partial charge in [0, 0.05) is 11.6 Å². The quantitative estimate of drug-likeness (QED) is 0.493. The molecule has 3 aromatic rings. The zero-order valence-electron chi connectivity index (χ0n) is 14.4. The van der Waals surface area contributed by atoms with E-state index in [2.05, 4.69) is 29.2 Å². The molecule has 0 radical (unpaired) electrons. The van der Waals surface area contributed by atoms with Gasteiger partial charge in [0.15, 0.2) is 0 Å². The van der Waals surface area contributed by atoms with Crippen LogP contribution in [0.3, 0.4) is 0 Å². The van der Waals surface area contributed by atoms with Gasteiger partial charge in [0.25, 0.3) is 0 Å². The number of aromatic hydroxyl groups is 1. The van der Waals surface area contributed by atoms with Gasteiger partial charge in [-0.05, 0) is 18.6 Å². The molecule has 0 unspecified atom stereocenters. The van der Waals surface area contributed by atoms with Crippen LogP contribution in [0.2, 0.25) is 0 Å². The molecule has 1 atom stereocenters. The summed E-state index contributed by atoms with van der Waals surface area (Å²) in [6.45, 7) is 2.36. The fourth-order valence-corrected chi connectivity index (χ4v) is 3.37. The van der Waals surface area contributed by atoms with E-state index in [4.69, 9.17) is 10.5 Å². The van der Waals surface area contributed by atoms with Gasteiger partial charge in [-0.15, -0.1) is 0 Å². The van der Waals surface area contributed by atoms with E-state index >= 15 is 0 Å². The van der Waals surface area contributed by atoms with Gasteiger partial charge < -0.3 is 20.7 Å². The first kappa shape index (κ1) is 16.4. The summed E-state index contributed by atoms with van der Waals surface area (Å²) in [5.74, 6) is 1.45. The average molecular weight is 350 g/mol. The van der Waals surface area contributed by atoms with Gasteiger partial charge in [-0.25, -0.2) is 4.57 Å². The Labute approximate surface area is 151 Å². The minimum Gasteiger partial charge on any atom is -0.508 e. The molecule has 26 heavy (non-hydrogen) atoms. The number of phenolic OH excluding ortho intramolecular Hbond substituents is 1. The maximum Gasteiger partial charge on any atom is 0.306 e. The van der Waals surface area contributed by atoms with Crippen LogP contribution in [0.4, 0.5) is 5.82 Å². The number of fused-ring (bicyclic) bond motifs is 2. The van der Waals surface area contributed by atoms with Gasteiger partial charge in [-0.2, -0.15) is 0 Å². The summed E-state index contributed by atoms with van der Waals surface area (Å²) in [5.41, 5.74) is 10.3. The molecule has 132 valence electrons. The number of benzene rings is 2. The summed E-state index contributed by atoms with van der Waals surface area (Å²) >= 11 is 0. The molecule has 0 spiro atoms. The van der Waals surface area contributed by atoms with Crippen molar-refractivity contribution in [3.05, 3.63) is 71.0 Å². The predicted octanol–water partition coefficient (Wildman–Crippen LogP) is 2.24. The zero-order valence-corrected chi connectivity index (χ0v) is 14.4. The van der Waals surface area contributed by atoms with E-state index < -0.39 is 0 Å². The molecule has 0 bridgehead atoms. The van der Waals surface area contributed by atoms with E-state index in [1.807, 2.05) is 13.0 Å². The lowest BCUT2D eigenvalue weighted by atomic mass is 9.83. The molecule has 1 aliphatic rings. The van der Waals surface area contributed by atoms with Crippen LogP contribution >= 0.6 is 0 Å². The molecule has 6 nitrogen and oxygen atoms in total. The third-order valence-electron chi connectivity index (χ3n) is 4.69. The van der Waals surface area contributed by atoms with Crippen molar-refractivity contribution in [1.29, 1.82) is 0 Å². The fraction of sp³-hybridized carbons (Fsp3) is 0.200. The number of nitrogen functional groups attached to an aromatic ring is 1. The molecular weight excluding hydrogens is 330 g/mol. The summed E-state index contributed by atoms with van der Waals surface area (Å²) in [6.07, 6.45) is 1.56. The smallest absolute Gasteiger partial charge is 0.306 e. The van der Waals surface area contributed by atoms with Gasteiger partial charge in [-0.1, -0.05) is 40.9 Å². The second-order valence-corrected chi connectivity index (χ2v) is 6.43. The van der Waals surface area contributed by atoms with Crippen LogP contribution < -0.4 is 15.0 Å². The lowest BCUT2D eigenvalue weighted by Crippen LogP contribution is -2.41. The van der Waals surface area contributed by atoms with E-state index in [0.29, 0.717) is 24.0 Å². The first-order valence-corrected chi connectivity index (χ1v) is 8.44. The van der Waals surface area contributed by atoms with Crippen molar-refractivity contribution < 1.29 is 19.5 Å². The Kier molecular flexibility index (Phi) is 3.97. The average Bonchev–Trinajstić information content (AvgIpc) is 2.63. The molecule has 4 rings (SSSR count). The van der Waals surface area contributed by atoms with E-state index in [1.54, 1.807) is 23.0 Å². The predicted molar refractivity (Wildman–Crippen MR) is 96.2 cm³/mol. The topological polar surface area (TPSA) is 92.5 Å². The highest BCUT2D eigenvalue weighted by Crippen LogP contribution is 2.48. The molecule has 4 N–H and O–H groups in total. The molecule has 1 aromatic heterocycles. The third kappa shape index (κ3) is 2.64. The molecule has 0 saturated carbocycles. The van der Waals surface area contributed by atoms with Crippen LogP contribution in [-0.2, 0) is 6.54 Å². The molecule has 0 amide bonds. The highest BCUT2D eigenvalue weighted by Gasteiger charge is 2.36. The SMILES string of the molecule is Cc1ccc([C@H]2c3ccc(O)cc3Oc3nc[n+](CCO)c(N)c32)cc1. The first-order valence-electron chi connectivity index (χ1n) is 8.44. The number of nitrogens with zero attached hydrogens (tertiary/aromatic N) is 2. The van der Waals surface area contributed by atoms with Crippen molar-refractivity contribution in [3.63, 3.8) is 0 Å². The van der Waals surface area contributed by atoms with Crippen molar-refractivity contribution in [3.8, 4) is 17.4 Å². The molecule has 2 heterocycles. The number of aromatic nitrogens is 2. The van der Waals surface area contributed by atoms with Crippen LogP contribution in [0.25, 0.3) is 0 Å². The first-order chi connectivity index (χ1) is 12.6. The van der Waals surface area contributed by atoms with Gasteiger partial charge >= 0.3 is 5.88 Å². The Balaban J connectivity index is 1.96. The Morgan fingerprint density at radius 3 is 2.69 bits per heavy atom. The van der Waals surface area contributed by atoms with Gasteiger partial charge in [0.05, 0.1) is 19.1 Å². The van der Waals surface area contributed by atoms with Crippen molar-refractivity contribution in [2.45, 2.75) is 19.4 Å². The summed E-state index contributed by atoms with van der Waals surface area (Å²) in [4.78, 5) is 4.39. The van der Waals surface area contributed by atoms with Crippen molar-refractivity contribution >= 4 is 5.82 Å². The van der Waals surface area contributed by atoms with E-state index in [1.165, 1.54) is 5.56 Å². The molecular formula is C20H20N3O3+. The summed E-state index contributed by atoms with van der Waals surface area (Å²) in [6, 6.07) is 13.3.